The van der Waals surface area contributed by atoms with E-state index in [1.54, 1.807) is 18.2 Å². The van der Waals surface area contributed by atoms with Crippen molar-refractivity contribution >= 4 is 34.2 Å². The van der Waals surface area contributed by atoms with Gasteiger partial charge in [0.05, 0.1) is 18.7 Å². The van der Waals surface area contributed by atoms with Gasteiger partial charge in [-0.1, -0.05) is 65.4 Å². The first kappa shape index (κ1) is 29.0. The number of hydrogen-bond acceptors (Lipinski definition) is 6. The van der Waals surface area contributed by atoms with E-state index in [0.29, 0.717) is 41.1 Å². The third kappa shape index (κ3) is 6.45. The van der Waals surface area contributed by atoms with Gasteiger partial charge in [0, 0.05) is 36.6 Å². The molecule has 44 heavy (non-hydrogen) atoms. The van der Waals surface area contributed by atoms with Crippen molar-refractivity contribution in [1.82, 2.24) is 19.9 Å². The standard InChI is InChI=1S/C34H33FN6O3/c1-24-10-12-25(13-11-24)33(34(43)36-27-14-16-28(17-15-27)39-18-20-44-21-19-39)40(22-26-6-2-3-7-29(26)35)32(42)23-41-31-9-5-4-8-30(31)37-38-41/h2-17,33H,18-23H2,1H3,(H,36,43). The number of rotatable bonds is 9. The van der Waals surface area contributed by atoms with Crippen LogP contribution in [-0.4, -0.2) is 58.0 Å². The number of carbonyl (C=O) groups excluding carboxylic acids is 2. The minimum absolute atomic E-state index is 0.125. The number of benzene rings is 4. The first-order chi connectivity index (χ1) is 21.5. The second kappa shape index (κ2) is 13.0. The number of amides is 2. The number of anilines is 2. The first-order valence-electron chi connectivity index (χ1n) is 14.6. The number of morpholine rings is 1. The molecule has 1 aliphatic heterocycles. The van der Waals surface area contributed by atoms with Crippen LogP contribution >= 0.6 is 0 Å². The maximum atomic E-state index is 15.0. The van der Waals surface area contributed by atoms with E-state index in [9.17, 15) is 14.0 Å². The van der Waals surface area contributed by atoms with E-state index in [1.807, 2.05) is 79.7 Å². The largest absolute Gasteiger partial charge is 0.378 e. The molecule has 1 N–H and O–H groups in total. The zero-order valence-electron chi connectivity index (χ0n) is 24.4. The minimum atomic E-state index is -1.06. The van der Waals surface area contributed by atoms with Gasteiger partial charge < -0.3 is 19.9 Å². The zero-order chi connectivity index (χ0) is 30.5. The Hall–Kier alpha value is -5.09. The predicted octanol–water partition coefficient (Wildman–Crippen LogP) is 5.12. The summed E-state index contributed by atoms with van der Waals surface area (Å²) < 4.78 is 21.9. The zero-order valence-corrected chi connectivity index (χ0v) is 24.4. The number of nitrogens with one attached hydrogen (secondary N) is 1. The molecule has 6 rings (SSSR count). The normalized spacial score (nSPS) is 13.9. The van der Waals surface area contributed by atoms with Gasteiger partial charge in [-0.2, -0.15) is 0 Å². The van der Waals surface area contributed by atoms with Crippen molar-refractivity contribution in [2.24, 2.45) is 0 Å². The predicted molar refractivity (Wildman–Crippen MR) is 167 cm³/mol. The Bertz CT molecular complexity index is 1750. The molecule has 1 aromatic heterocycles. The van der Waals surface area contributed by atoms with Gasteiger partial charge in [-0.15, -0.1) is 5.10 Å². The van der Waals surface area contributed by atoms with E-state index in [4.69, 9.17) is 4.74 Å². The van der Waals surface area contributed by atoms with Crippen LogP contribution in [-0.2, 0) is 27.4 Å². The lowest BCUT2D eigenvalue weighted by Crippen LogP contribution is -2.42. The summed E-state index contributed by atoms with van der Waals surface area (Å²) in [5.41, 5.74) is 4.86. The number of carbonyl (C=O) groups is 2. The molecular weight excluding hydrogens is 559 g/mol. The minimum Gasteiger partial charge on any atom is -0.378 e. The Morgan fingerprint density at radius 2 is 1.64 bits per heavy atom. The molecule has 2 heterocycles. The van der Waals surface area contributed by atoms with Crippen LogP contribution in [0.25, 0.3) is 11.0 Å². The first-order valence-corrected chi connectivity index (χ1v) is 14.6. The highest BCUT2D eigenvalue weighted by Crippen LogP contribution is 2.28. The van der Waals surface area contributed by atoms with Gasteiger partial charge in [0.15, 0.2) is 0 Å². The van der Waals surface area contributed by atoms with Crippen LogP contribution < -0.4 is 10.2 Å². The van der Waals surface area contributed by atoms with E-state index in [0.717, 1.165) is 24.3 Å². The van der Waals surface area contributed by atoms with Crippen LogP contribution in [0.1, 0.15) is 22.7 Å². The van der Waals surface area contributed by atoms with Crippen LogP contribution in [0.5, 0.6) is 0 Å². The molecule has 0 saturated carbocycles. The molecule has 10 heteroatoms. The number of para-hydroxylation sites is 1. The molecule has 9 nitrogen and oxygen atoms in total. The third-order valence-electron chi connectivity index (χ3n) is 7.79. The molecule has 1 fully saturated rings. The molecule has 5 aromatic rings. The summed E-state index contributed by atoms with van der Waals surface area (Å²) in [7, 11) is 0. The maximum Gasteiger partial charge on any atom is 0.251 e. The summed E-state index contributed by atoms with van der Waals surface area (Å²) >= 11 is 0. The quantitative estimate of drug-likeness (QED) is 0.255. The van der Waals surface area contributed by atoms with Crippen LogP contribution in [0.15, 0.2) is 97.1 Å². The van der Waals surface area contributed by atoms with Gasteiger partial charge in [0.25, 0.3) is 5.91 Å². The second-order valence-corrected chi connectivity index (χ2v) is 10.8. The van der Waals surface area contributed by atoms with E-state index >= 15 is 0 Å². The van der Waals surface area contributed by atoms with Gasteiger partial charge in [0.1, 0.15) is 23.9 Å². The van der Waals surface area contributed by atoms with Gasteiger partial charge in [-0.05, 0) is 55.0 Å². The SMILES string of the molecule is Cc1ccc(C(C(=O)Nc2ccc(N3CCOCC3)cc2)N(Cc2ccccc2F)C(=O)Cn2nnc3ccccc32)cc1. The van der Waals surface area contributed by atoms with Crippen LogP contribution in [0.2, 0.25) is 0 Å². The Morgan fingerprint density at radius 3 is 2.39 bits per heavy atom. The molecular formula is C34H33FN6O3. The highest BCUT2D eigenvalue weighted by molar-refractivity contribution is 5.98. The van der Waals surface area contributed by atoms with Crippen molar-refractivity contribution in [2.75, 3.05) is 36.5 Å². The highest BCUT2D eigenvalue weighted by Gasteiger charge is 2.33. The lowest BCUT2D eigenvalue weighted by atomic mass is 10.0. The van der Waals surface area contributed by atoms with Gasteiger partial charge in [0.2, 0.25) is 5.91 Å². The Labute approximate surface area is 254 Å². The lowest BCUT2D eigenvalue weighted by Gasteiger charge is -2.32. The molecule has 1 atom stereocenters. The van der Waals surface area contributed by atoms with Gasteiger partial charge in [-0.3, -0.25) is 9.59 Å². The fraction of sp³-hybridized carbons (Fsp3) is 0.235. The summed E-state index contributed by atoms with van der Waals surface area (Å²) in [6.45, 7) is 4.59. The molecule has 2 amide bonds. The average molecular weight is 593 g/mol. The van der Waals surface area contributed by atoms with Crippen molar-refractivity contribution in [2.45, 2.75) is 26.1 Å². The van der Waals surface area contributed by atoms with Crippen LogP contribution in [0, 0.1) is 12.7 Å². The van der Waals surface area contributed by atoms with E-state index < -0.39 is 23.7 Å². The average Bonchev–Trinajstić information content (AvgIpc) is 3.46. The lowest BCUT2D eigenvalue weighted by molar-refractivity contribution is -0.140. The smallest absolute Gasteiger partial charge is 0.251 e. The maximum absolute atomic E-state index is 15.0. The molecule has 0 bridgehead atoms. The number of nitrogens with zero attached hydrogens (tertiary/aromatic N) is 5. The van der Waals surface area contributed by atoms with Crippen LogP contribution in [0.3, 0.4) is 0 Å². The Kier molecular flexibility index (Phi) is 8.60. The van der Waals surface area contributed by atoms with Crippen molar-refractivity contribution in [3.05, 3.63) is 120 Å². The molecule has 0 spiro atoms. The number of aryl methyl sites for hydroxylation is 1. The molecule has 0 radical (unpaired) electrons. The molecule has 0 aliphatic carbocycles. The molecule has 1 unspecified atom stereocenters. The van der Waals surface area contributed by atoms with Crippen LogP contribution in [0.4, 0.5) is 15.8 Å². The monoisotopic (exact) mass is 592 g/mol. The topological polar surface area (TPSA) is 92.6 Å². The fourth-order valence-corrected chi connectivity index (χ4v) is 5.40. The number of fused-ring (bicyclic) bond motifs is 1. The van der Waals surface area contributed by atoms with Gasteiger partial charge >= 0.3 is 0 Å². The fourth-order valence-electron chi connectivity index (χ4n) is 5.40. The number of aromatic nitrogens is 3. The summed E-state index contributed by atoms with van der Waals surface area (Å²) in [5.74, 6) is -1.29. The molecule has 1 aliphatic rings. The summed E-state index contributed by atoms with van der Waals surface area (Å²) in [5, 5.41) is 11.3. The molecule has 1 saturated heterocycles. The number of halogens is 1. The third-order valence-corrected chi connectivity index (χ3v) is 7.79. The van der Waals surface area contributed by atoms with E-state index in [2.05, 4.69) is 20.5 Å². The highest BCUT2D eigenvalue weighted by atomic mass is 19.1. The van der Waals surface area contributed by atoms with Crippen molar-refractivity contribution in [3.63, 3.8) is 0 Å². The summed E-state index contributed by atoms with van der Waals surface area (Å²) in [6.07, 6.45) is 0. The van der Waals surface area contributed by atoms with Crippen molar-refractivity contribution in [1.29, 1.82) is 0 Å². The summed E-state index contributed by atoms with van der Waals surface area (Å²) in [6, 6.07) is 27.6. The number of hydrogen-bond donors (Lipinski definition) is 1. The van der Waals surface area contributed by atoms with E-state index in [-0.39, 0.29) is 13.1 Å². The molecule has 224 valence electrons. The summed E-state index contributed by atoms with van der Waals surface area (Å²) in [4.78, 5) is 32.0. The Morgan fingerprint density at radius 1 is 0.932 bits per heavy atom. The van der Waals surface area contributed by atoms with Crippen molar-refractivity contribution in [3.8, 4) is 0 Å². The second-order valence-electron chi connectivity index (χ2n) is 10.8. The molecule has 4 aromatic carbocycles. The van der Waals surface area contributed by atoms with Gasteiger partial charge in [-0.25, -0.2) is 9.07 Å². The Balaban J connectivity index is 1.34. The van der Waals surface area contributed by atoms with E-state index in [1.165, 1.54) is 15.6 Å². The van der Waals surface area contributed by atoms with Crippen molar-refractivity contribution < 1.29 is 18.7 Å². The number of ether oxygens (including phenoxy) is 1.